The largest absolute Gasteiger partial charge is 0.494 e. The number of aromatic nitrogens is 1. The molecular formula is C14H15NO4. The van der Waals surface area contributed by atoms with E-state index in [0.29, 0.717) is 17.9 Å². The number of aromatic carboxylic acids is 1. The molecule has 0 saturated carbocycles. The number of hydrogen-bond acceptors (Lipinski definition) is 4. The Morgan fingerprint density at radius 1 is 1.37 bits per heavy atom. The van der Waals surface area contributed by atoms with Crippen LogP contribution < -0.4 is 4.74 Å². The fourth-order valence-electron chi connectivity index (χ4n) is 1.65. The molecule has 0 aliphatic rings. The molecule has 1 N–H and O–H groups in total. The Kier molecular flexibility index (Phi) is 4.18. The average molecular weight is 261 g/mol. The van der Waals surface area contributed by atoms with E-state index in [1.165, 1.54) is 0 Å². The van der Waals surface area contributed by atoms with E-state index < -0.39 is 5.97 Å². The maximum atomic E-state index is 10.9. The van der Waals surface area contributed by atoms with E-state index in [0.717, 1.165) is 25.0 Å². The molecule has 0 bridgehead atoms. The first-order valence-electron chi connectivity index (χ1n) is 6.12. The Balaban J connectivity index is 2.13. The van der Waals surface area contributed by atoms with Crippen LogP contribution in [-0.4, -0.2) is 22.7 Å². The van der Waals surface area contributed by atoms with E-state index in [9.17, 15) is 4.79 Å². The van der Waals surface area contributed by atoms with Gasteiger partial charge in [-0.25, -0.2) is 9.78 Å². The van der Waals surface area contributed by atoms with Gasteiger partial charge in [-0.05, 0) is 30.7 Å². The molecule has 2 rings (SSSR count). The van der Waals surface area contributed by atoms with E-state index in [4.69, 9.17) is 14.3 Å². The third-order valence-electron chi connectivity index (χ3n) is 2.66. The molecule has 1 heterocycles. The monoisotopic (exact) mass is 261 g/mol. The molecule has 0 spiro atoms. The van der Waals surface area contributed by atoms with Gasteiger partial charge in [0.15, 0.2) is 6.39 Å². The molecule has 2 aromatic rings. The lowest BCUT2D eigenvalue weighted by Crippen LogP contribution is -1.98. The van der Waals surface area contributed by atoms with Crippen LogP contribution in [0.2, 0.25) is 0 Å². The number of nitrogens with zero attached hydrogens (tertiary/aromatic N) is 1. The van der Waals surface area contributed by atoms with Crippen LogP contribution in [0.3, 0.4) is 0 Å². The van der Waals surface area contributed by atoms with Gasteiger partial charge in [0.1, 0.15) is 11.4 Å². The summed E-state index contributed by atoms with van der Waals surface area (Å²) in [6, 6.07) is 7.13. The highest BCUT2D eigenvalue weighted by atomic mass is 16.5. The maximum Gasteiger partial charge on any atom is 0.374 e. The first-order chi connectivity index (χ1) is 9.22. The quantitative estimate of drug-likeness (QED) is 0.808. The number of hydrogen-bond donors (Lipinski definition) is 1. The lowest BCUT2D eigenvalue weighted by molar-refractivity contribution is 0.0663. The van der Waals surface area contributed by atoms with Gasteiger partial charge in [0, 0.05) is 5.56 Å². The summed E-state index contributed by atoms with van der Waals surface area (Å²) in [7, 11) is 0. The van der Waals surface area contributed by atoms with E-state index >= 15 is 0 Å². The fraction of sp³-hybridized carbons (Fsp3) is 0.286. The number of benzene rings is 1. The number of carboxylic acids is 1. The first-order valence-corrected chi connectivity index (χ1v) is 6.12. The van der Waals surface area contributed by atoms with Crippen molar-refractivity contribution in [3.05, 3.63) is 36.4 Å². The van der Waals surface area contributed by atoms with Gasteiger partial charge in [-0.2, -0.15) is 0 Å². The Hall–Kier alpha value is -2.30. The smallest absolute Gasteiger partial charge is 0.374 e. The summed E-state index contributed by atoms with van der Waals surface area (Å²) in [5, 5.41) is 8.96. The predicted octanol–water partition coefficient (Wildman–Crippen LogP) is 3.22. The lowest BCUT2D eigenvalue weighted by Gasteiger charge is -2.05. The van der Waals surface area contributed by atoms with Gasteiger partial charge in [-0.15, -0.1) is 0 Å². The normalized spacial score (nSPS) is 10.4. The van der Waals surface area contributed by atoms with Crippen molar-refractivity contribution < 1.29 is 19.1 Å². The minimum atomic E-state index is -1.13. The molecule has 0 saturated heterocycles. The van der Waals surface area contributed by atoms with Crippen molar-refractivity contribution in [2.45, 2.75) is 19.8 Å². The van der Waals surface area contributed by atoms with E-state index in [1.807, 2.05) is 0 Å². The molecule has 1 aromatic heterocycles. The zero-order valence-corrected chi connectivity index (χ0v) is 10.6. The molecule has 0 amide bonds. The van der Waals surface area contributed by atoms with E-state index in [1.54, 1.807) is 24.3 Å². The second kappa shape index (κ2) is 6.04. The van der Waals surface area contributed by atoms with Gasteiger partial charge in [-0.3, -0.25) is 0 Å². The van der Waals surface area contributed by atoms with E-state index in [2.05, 4.69) is 11.9 Å². The second-order valence-electron chi connectivity index (χ2n) is 4.06. The van der Waals surface area contributed by atoms with Crippen LogP contribution in [0, 0.1) is 0 Å². The van der Waals surface area contributed by atoms with Crippen molar-refractivity contribution >= 4 is 5.97 Å². The van der Waals surface area contributed by atoms with Gasteiger partial charge in [0.05, 0.1) is 6.61 Å². The van der Waals surface area contributed by atoms with Crippen molar-refractivity contribution in [1.82, 2.24) is 4.98 Å². The Morgan fingerprint density at radius 3 is 2.74 bits per heavy atom. The van der Waals surface area contributed by atoms with Crippen LogP contribution in [0.4, 0.5) is 0 Å². The van der Waals surface area contributed by atoms with Gasteiger partial charge >= 0.3 is 5.97 Å². The number of rotatable bonds is 6. The summed E-state index contributed by atoms with van der Waals surface area (Å²) < 4.78 is 10.4. The van der Waals surface area contributed by atoms with Crippen LogP contribution in [0.1, 0.15) is 30.3 Å². The summed E-state index contributed by atoms with van der Waals surface area (Å²) in [4.78, 5) is 14.9. The van der Waals surface area contributed by atoms with Gasteiger partial charge in [0.25, 0.3) is 0 Å². The third-order valence-corrected chi connectivity index (χ3v) is 2.66. The Bertz CT molecular complexity index is 545. The topological polar surface area (TPSA) is 72.6 Å². The number of oxazole rings is 1. The van der Waals surface area contributed by atoms with Crippen molar-refractivity contribution in [2.75, 3.05) is 6.61 Å². The maximum absolute atomic E-state index is 10.9. The molecule has 100 valence electrons. The van der Waals surface area contributed by atoms with Crippen molar-refractivity contribution in [2.24, 2.45) is 0 Å². The van der Waals surface area contributed by atoms with Crippen LogP contribution in [0.25, 0.3) is 11.3 Å². The number of carbonyl (C=O) groups is 1. The van der Waals surface area contributed by atoms with Crippen LogP contribution in [0.15, 0.2) is 35.1 Å². The predicted molar refractivity (Wildman–Crippen MR) is 69.3 cm³/mol. The molecule has 19 heavy (non-hydrogen) atoms. The highest BCUT2D eigenvalue weighted by molar-refractivity contribution is 5.91. The van der Waals surface area contributed by atoms with Gasteiger partial charge < -0.3 is 14.3 Å². The van der Waals surface area contributed by atoms with Crippen molar-refractivity contribution in [3.63, 3.8) is 0 Å². The Morgan fingerprint density at radius 2 is 2.11 bits per heavy atom. The van der Waals surface area contributed by atoms with Gasteiger partial charge in [-0.1, -0.05) is 13.3 Å². The lowest BCUT2D eigenvalue weighted by atomic mass is 10.1. The standard InChI is InChI=1S/C14H15NO4/c1-2-3-8-18-11-6-4-10(5-7-11)12-13(14(16)17)19-9-15-12/h4-7,9H,2-3,8H2,1H3,(H,16,17). The van der Waals surface area contributed by atoms with Crippen molar-refractivity contribution in [3.8, 4) is 17.0 Å². The van der Waals surface area contributed by atoms with Crippen LogP contribution >= 0.6 is 0 Å². The molecule has 5 heteroatoms. The summed E-state index contributed by atoms with van der Waals surface area (Å²) in [5.74, 6) is -0.520. The highest BCUT2D eigenvalue weighted by Crippen LogP contribution is 2.24. The second-order valence-corrected chi connectivity index (χ2v) is 4.06. The molecule has 0 atom stereocenters. The third kappa shape index (κ3) is 3.13. The van der Waals surface area contributed by atoms with Crippen LogP contribution in [-0.2, 0) is 0 Å². The minimum absolute atomic E-state index is 0.153. The molecule has 1 aromatic carbocycles. The Labute approximate surface area is 110 Å². The number of carboxylic acid groups (broad SMARTS) is 1. The molecule has 0 aliphatic heterocycles. The zero-order valence-electron chi connectivity index (χ0n) is 10.6. The summed E-state index contributed by atoms with van der Waals surface area (Å²) in [5.41, 5.74) is 1.02. The van der Waals surface area contributed by atoms with Crippen LogP contribution in [0.5, 0.6) is 5.75 Å². The first kappa shape index (κ1) is 13.1. The molecule has 5 nitrogen and oxygen atoms in total. The molecular weight excluding hydrogens is 246 g/mol. The SMILES string of the molecule is CCCCOc1ccc(-c2ncoc2C(=O)O)cc1. The minimum Gasteiger partial charge on any atom is -0.494 e. The highest BCUT2D eigenvalue weighted by Gasteiger charge is 2.17. The molecule has 0 radical (unpaired) electrons. The zero-order chi connectivity index (χ0) is 13.7. The summed E-state index contributed by atoms with van der Waals surface area (Å²) in [6.07, 6.45) is 3.22. The number of unbranched alkanes of at least 4 members (excludes halogenated alkanes) is 1. The van der Waals surface area contributed by atoms with Crippen molar-refractivity contribution in [1.29, 1.82) is 0 Å². The molecule has 0 unspecified atom stereocenters. The van der Waals surface area contributed by atoms with E-state index in [-0.39, 0.29) is 5.76 Å². The molecule has 0 fully saturated rings. The van der Waals surface area contributed by atoms with Gasteiger partial charge in [0.2, 0.25) is 5.76 Å². The number of ether oxygens (including phenoxy) is 1. The summed E-state index contributed by atoms with van der Waals surface area (Å²) >= 11 is 0. The summed E-state index contributed by atoms with van der Waals surface area (Å²) in [6.45, 7) is 2.78. The fourth-order valence-corrected chi connectivity index (χ4v) is 1.65. The molecule has 0 aliphatic carbocycles. The average Bonchev–Trinajstić information content (AvgIpc) is 2.89.